The first-order chi connectivity index (χ1) is 11.7. The average molecular weight is 357 g/mol. The molecule has 3 aromatic carbocycles. The molecule has 0 unspecified atom stereocenters. The van der Waals surface area contributed by atoms with Gasteiger partial charge < -0.3 is 10.4 Å². The summed E-state index contributed by atoms with van der Waals surface area (Å²) in [4.78, 5) is 11.9. The molecule has 0 heterocycles. The number of rotatable bonds is 3. The predicted octanol–water partition coefficient (Wildman–Crippen LogP) is 3.35. The van der Waals surface area contributed by atoms with Gasteiger partial charge in [0.2, 0.25) is 0 Å². The van der Waals surface area contributed by atoms with E-state index in [0.717, 1.165) is 11.6 Å². The Kier molecular flexibility index (Phi) is 4.20. The lowest BCUT2D eigenvalue weighted by Gasteiger charge is -2.09. The summed E-state index contributed by atoms with van der Waals surface area (Å²) < 4.78 is 32.4. The first-order valence-electron chi connectivity index (χ1n) is 7.36. The molecular weight excluding hydrogens is 342 g/mol. The van der Waals surface area contributed by atoms with E-state index < -0.39 is 15.0 Å². The maximum absolute atomic E-state index is 12.3. The van der Waals surface area contributed by atoms with E-state index >= 15 is 0 Å². The van der Waals surface area contributed by atoms with Crippen LogP contribution >= 0.6 is 0 Å². The van der Waals surface area contributed by atoms with Crippen LogP contribution < -0.4 is 5.32 Å². The second kappa shape index (κ2) is 6.19. The van der Waals surface area contributed by atoms with Gasteiger partial charge >= 0.3 is 0 Å². The van der Waals surface area contributed by atoms with Gasteiger partial charge in [0.25, 0.3) is 16.0 Å². The summed E-state index contributed by atoms with van der Waals surface area (Å²) >= 11 is 0. The molecule has 0 aliphatic carbocycles. The van der Waals surface area contributed by atoms with Crippen LogP contribution in [0.5, 0.6) is 5.75 Å². The summed E-state index contributed by atoms with van der Waals surface area (Å²) in [5.41, 5.74) is 1.86. The number of carbonyl (C=O) groups excluding carboxylic acids is 1. The summed E-state index contributed by atoms with van der Waals surface area (Å²) in [5, 5.41) is 12.9. The number of phenols is 1. The highest BCUT2D eigenvalue weighted by Gasteiger charge is 2.16. The molecule has 6 nitrogen and oxygen atoms in total. The van der Waals surface area contributed by atoms with Gasteiger partial charge in [-0.05, 0) is 42.6 Å². The van der Waals surface area contributed by atoms with Crippen molar-refractivity contribution in [3.63, 3.8) is 0 Å². The molecule has 0 aliphatic rings. The summed E-state index contributed by atoms with van der Waals surface area (Å²) in [6.45, 7) is 1.91. The number of fused-ring (bicyclic) bond motifs is 1. The smallest absolute Gasteiger partial charge is 0.295 e. The van der Waals surface area contributed by atoms with Crippen molar-refractivity contribution in [3.8, 4) is 5.75 Å². The third-order valence-electron chi connectivity index (χ3n) is 3.75. The van der Waals surface area contributed by atoms with Crippen LogP contribution in [0.3, 0.4) is 0 Å². The van der Waals surface area contributed by atoms with Gasteiger partial charge in [0.05, 0.1) is 0 Å². The minimum absolute atomic E-state index is 0.196. The summed E-state index contributed by atoms with van der Waals surface area (Å²) in [6, 6.07) is 13.9. The highest BCUT2D eigenvalue weighted by atomic mass is 32.2. The van der Waals surface area contributed by atoms with Crippen LogP contribution in [0.15, 0.2) is 59.5 Å². The van der Waals surface area contributed by atoms with Gasteiger partial charge in [-0.1, -0.05) is 23.8 Å². The van der Waals surface area contributed by atoms with Crippen molar-refractivity contribution < 1.29 is 22.9 Å². The molecular formula is C18H15NO5S. The molecule has 0 saturated carbocycles. The summed E-state index contributed by atoms with van der Waals surface area (Å²) in [7, 11) is -4.53. The van der Waals surface area contributed by atoms with E-state index in [1.54, 1.807) is 24.3 Å². The number of aromatic hydroxyl groups is 1. The molecule has 25 heavy (non-hydrogen) atoms. The van der Waals surface area contributed by atoms with Crippen LogP contribution in [0.2, 0.25) is 0 Å². The second-order valence-electron chi connectivity index (χ2n) is 5.68. The first-order valence-corrected chi connectivity index (χ1v) is 8.80. The molecule has 0 saturated heterocycles. The van der Waals surface area contributed by atoms with Gasteiger partial charge in [0, 0.05) is 22.7 Å². The van der Waals surface area contributed by atoms with E-state index in [0.29, 0.717) is 16.6 Å². The fourth-order valence-corrected chi connectivity index (χ4v) is 3.23. The molecule has 0 spiro atoms. The van der Waals surface area contributed by atoms with Crippen LogP contribution in [0.1, 0.15) is 15.9 Å². The van der Waals surface area contributed by atoms with E-state index in [1.165, 1.54) is 12.1 Å². The fourth-order valence-electron chi connectivity index (χ4n) is 2.51. The third kappa shape index (κ3) is 3.62. The molecule has 0 aliphatic heterocycles. The highest BCUT2D eigenvalue weighted by Crippen LogP contribution is 2.30. The number of amides is 1. The zero-order chi connectivity index (χ0) is 18.2. The van der Waals surface area contributed by atoms with Crippen molar-refractivity contribution in [2.45, 2.75) is 11.8 Å². The van der Waals surface area contributed by atoms with Crippen molar-refractivity contribution >= 4 is 32.5 Å². The number of anilines is 1. The van der Waals surface area contributed by atoms with Gasteiger partial charge in [-0.2, -0.15) is 8.42 Å². The van der Waals surface area contributed by atoms with E-state index in [2.05, 4.69) is 5.32 Å². The topological polar surface area (TPSA) is 104 Å². The molecule has 0 fully saturated rings. The third-order valence-corrected chi connectivity index (χ3v) is 4.64. The number of carbonyl (C=O) groups is 1. The van der Waals surface area contributed by atoms with Crippen molar-refractivity contribution in [1.82, 2.24) is 0 Å². The zero-order valence-corrected chi connectivity index (χ0v) is 14.0. The number of hydrogen-bond acceptors (Lipinski definition) is 4. The largest absolute Gasteiger partial charge is 0.508 e. The molecule has 3 rings (SSSR count). The average Bonchev–Trinajstić information content (AvgIpc) is 2.54. The van der Waals surface area contributed by atoms with Gasteiger partial charge in [-0.15, -0.1) is 0 Å². The normalized spacial score (nSPS) is 11.4. The standard InChI is InChI=1S/C18H15NO5S/c1-11-2-4-12(5-3-11)18(21)19-14-7-6-13-8-15(20)10-17(16(13)9-14)25(22,23)24/h2-10,20H,1H3,(H,19,21)(H,22,23,24). The van der Waals surface area contributed by atoms with Crippen molar-refractivity contribution in [2.24, 2.45) is 0 Å². The Hall–Kier alpha value is -2.90. The molecule has 0 aromatic heterocycles. The SMILES string of the molecule is Cc1ccc(C(=O)Nc2ccc3cc(O)cc(S(=O)(=O)O)c3c2)cc1. The molecule has 0 atom stereocenters. The van der Waals surface area contributed by atoms with Crippen LogP contribution in [0.4, 0.5) is 5.69 Å². The van der Waals surface area contributed by atoms with E-state index in [1.807, 2.05) is 19.1 Å². The second-order valence-corrected chi connectivity index (χ2v) is 7.06. The van der Waals surface area contributed by atoms with Gasteiger partial charge in [0.15, 0.2) is 0 Å². The van der Waals surface area contributed by atoms with E-state index in [4.69, 9.17) is 0 Å². The maximum atomic E-state index is 12.3. The lowest BCUT2D eigenvalue weighted by molar-refractivity contribution is 0.102. The van der Waals surface area contributed by atoms with Crippen LogP contribution in [0.25, 0.3) is 10.8 Å². The van der Waals surface area contributed by atoms with Crippen LogP contribution in [-0.4, -0.2) is 24.0 Å². The number of benzene rings is 3. The fraction of sp³-hybridized carbons (Fsp3) is 0.0556. The van der Waals surface area contributed by atoms with E-state index in [9.17, 15) is 22.9 Å². The predicted molar refractivity (Wildman–Crippen MR) is 94.6 cm³/mol. The summed E-state index contributed by atoms with van der Waals surface area (Å²) in [6.07, 6.45) is 0. The number of aryl methyl sites for hydroxylation is 1. The van der Waals surface area contributed by atoms with Crippen molar-refractivity contribution in [2.75, 3.05) is 5.32 Å². The monoisotopic (exact) mass is 357 g/mol. The Morgan fingerprint density at radius 2 is 1.68 bits per heavy atom. The Bertz CT molecular complexity index is 1070. The molecule has 0 radical (unpaired) electrons. The van der Waals surface area contributed by atoms with Gasteiger partial charge in [-0.3, -0.25) is 9.35 Å². The minimum atomic E-state index is -4.53. The minimum Gasteiger partial charge on any atom is -0.508 e. The number of nitrogens with one attached hydrogen (secondary N) is 1. The molecule has 128 valence electrons. The Labute approximate surface area is 144 Å². The molecule has 3 aromatic rings. The molecule has 3 N–H and O–H groups in total. The maximum Gasteiger partial charge on any atom is 0.295 e. The zero-order valence-electron chi connectivity index (χ0n) is 13.2. The Morgan fingerprint density at radius 3 is 2.32 bits per heavy atom. The summed E-state index contributed by atoms with van der Waals surface area (Å²) in [5.74, 6) is -0.622. The van der Waals surface area contributed by atoms with Crippen LogP contribution in [0, 0.1) is 6.92 Å². The Morgan fingerprint density at radius 1 is 1.00 bits per heavy atom. The van der Waals surface area contributed by atoms with Gasteiger partial charge in [-0.25, -0.2) is 0 Å². The molecule has 7 heteroatoms. The van der Waals surface area contributed by atoms with Crippen molar-refractivity contribution in [3.05, 3.63) is 65.7 Å². The highest BCUT2D eigenvalue weighted by molar-refractivity contribution is 7.86. The van der Waals surface area contributed by atoms with E-state index in [-0.39, 0.29) is 17.0 Å². The Balaban J connectivity index is 2.02. The number of phenolic OH excluding ortho intramolecular Hbond substituents is 1. The van der Waals surface area contributed by atoms with Gasteiger partial charge in [0.1, 0.15) is 10.6 Å². The first kappa shape index (κ1) is 16.9. The quantitative estimate of drug-likeness (QED) is 0.624. The van der Waals surface area contributed by atoms with Crippen molar-refractivity contribution in [1.29, 1.82) is 0 Å². The number of hydrogen-bond donors (Lipinski definition) is 3. The molecule has 1 amide bonds. The lowest BCUT2D eigenvalue weighted by atomic mass is 10.1. The van der Waals surface area contributed by atoms with Crippen LogP contribution in [-0.2, 0) is 10.1 Å². The molecule has 0 bridgehead atoms. The lowest BCUT2D eigenvalue weighted by Crippen LogP contribution is -2.11.